The summed E-state index contributed by atoms with van der Waals surface area (Å²) in [6.07, 6.45) is 1.66. The van der Waals surface area contributed by atoms with E-state index < -0.39 is 0 Å². The lowest BCUT2D eigenvalue weighted by Crippen LogP contribution is -1.80. The van der Waals surface area contributed by atoms with Crippen LogP contribution in [0.15, 0.2) is 45.5 Å². The standard InChI is InChI=1S/C13H7BrN4O/c14-10-3-1-2-8(4-10)12-17-13(19-18-12)9-5-11(6-15)16-7-9/h1-5,7,16H. The molecule has 5 nitrogen and oxygen atoms in total. The second-order valence-corrected chi connectivity index (χ2v) is 4.76. The molecule has 2 aromatic heterocycles. The molecule has 19 heavy (non-hydrogen) atoms. The molecule has 0 aliphatic heterocycles. The Morgan fingerprint density at radius 1 is 1.26 bits per heavy atom. The van der Waals surface area contributed by atoms with E-state index in [1.54, 1.807) is 12.3 Å². The third kappa shape index (κ3) is 2.28. The Morgan fingerprint density at radius 3 is 2.89 bits per heavy atom. The summed E-state index contributed by atoms with van der Waals surface area (Å²) >= 11 is 3.40. The van der Waals surface area contributed by atoms with Gasteiger partial charge in [0.05, 0.1) is 5.56 Å². The molecule has 0 aliphatic rings. The van der Waals surface area contributed by atoms with Gasteiger partial charge in [0.2, 0.25) is 5.82 Å². The topological polar surface area (TPSA) is 78.5 Å². The number of H-pyrrole nitrogens is 1. The van der Waals surface area contributed by atoms with Crippen molar-refractivity contribution < 1.29 is 4.52 Å². The van der Waals surface area contributed by atoms with E-state index in [1.807, 2.05) is 30.3 Å². The van der Waals surface area contributed by atoms with Gasteiger partial charge >= 0.3 is 0 Å². The van der Waals surface area contributed by atoms with Crippen LogP contribution in [-0.4, -0.2) is 15.1 Å². The van der Waals surface area contributed by atoms with Crippen molar-refractivity contribution in [2.45, 2.75) is 0 Å². The molecule has 0 amide bonds. The lowest BCUT2D eigenvalue weighted by molar-refractivity contribution is 0.432. The number of hydrogen-bond donors (Lipinski definition) is 1. The average molecular weight is 315 g/mol. The van der Waals surface area contributed by atoms with Gasteiger partial charge < -0.3 is 9.51 Å². The van der Waals surface area contributed by atoms with Crippen LogP contribution in [0.2, 0.25) is 0 Å². The first-order chi connectivity index (χ1) is 9.26. The predicted molar refractivity (Wildman–Crippen MR) is 71.9 cm³/mol. The average Bonchev–Trinajstić information content (AvgIpc) is 3.07. The maximum Gasteiger partial charge on any atom is 0.259 e. The molecule has 92 valence electrons. The highest BCUT2D eigenvalue weighted by atomic mass is 79.9. The Morgan fingerprint density at radius 2 is 2.16 bits per heavy atom. The van der Waals surface area contributed by atoms with Gasteiger partial charge in [-0.3, -0.25) is 0 Å². The molecule has 1 aromatic carbocycles. The number of halogens is 1. The third-order valence-electron chi connectivity index (χ3n) is 2.56. The van der Waals surface area contributed by atoms with Gasteiger partial charge in [0.1, 0.15) is 11.8 Å². The fraction of sp³-hybridized carbons (Fsp3) is 0. The van der Waals surface area contributed by atoms with Crippen molar-refractivity contribution in [3.8, 4) is 28.9 Å². The number of nitrogens with one attached hydrogen (secondary N) is 1. The van der Waals surface area contributed by atoms with Crippen molar-refractivity contribution in [2.24, 2.45) is 0 Å². The van der Waals surface area contributed by atoms with E-state index in [-0.39, 0.29) is 0 Å². The fourth-order valence-electron chi connectivity index (χ4n) is 1.67. The summed E-state index contributed by atoms with van der Waals surface area (Å²) in [6, 6.07) is 11.3. The fourth-order valence-corrected chi connectivity index (χ4v) is 2.07. The summed E-state index contributed by atoms with van der Waals surface area (Å²) < 4.78 is 6.15. The van der Waals surface area contributed by atoms with Gasteiger partial charge in [0.25, 0.3) is 5.89 Å². The first-order valence-corrected chi connectivity index (χ1v) is 6.24. The minimum atomic E-state index is 0.382. The molecule has 0 fully saturated rings. The molecule has 0 radical (unpaired) electrons. The first-order valence-electron chi connectivity index (χ1n) is 5.45. The van der Waals surface area contributed by atoms with Gasteiger partial charge in [-0.1, -0.05) is 33.2 Å². The van der Waals surface area contributed by atoms with Gasteiger partial charge in [0.15, 0.2) is 0 Å². The minimum absolute atomic E-state index is 0.382. The number of nitriles is 1. The van der Waals surface area contributed by atoms with Crippen LogP contribution in [0.4, 0.5) is 0 Å². The van der Waals surface area contributed by atoms with Crippen molar-refractivity contribution in [1.29, 1.82) is 5.26 Å². The van der Waals surface area contributed by atoms with Crippen LogP contribution in [0, 0.1) is 11.3 Å². The zero-order valence-corrected chi connectivity index (χ0v) is 11.2. The van der Waals surface area contributed by atoms with Crippen LogP contribution in [0.5, 0.6) is 0 Å². The van der Waals surface area contributed by atoms with Gasteiger partial charge in [-0.15, -0.1) is 0 Å². The summed E-state index contributed by atoms with van der Waals surface area (Å²) in [7, 11) is 0. The molecular weight excluding hydrogens is 308 g/mol. The Balaban J connectivity index is 1.97. The van der Waals surface area contributed by atoms with Crippen LogP contribution in [0.25, 0.3) is 22.8 Å². The van der Waals surface area contributed by atoms with Crippen molar-refractivity contribution in [3.05, 3.63) is 46.7 Å². The maximum absolute atomic E-state index is 8.76. The summed E-state index contributed by atoms with van der Waals surface area (Å²) in [5.74, 6) is 0.892. The lowest BCUT2D eigenvalue weighted by atomic mass is 10.2. The largest absolute Gasteiger partial charge is 0.352 e. The number of aromatic nitrogens is 3. The summed E-state index contributed by atoms with van der Waals surface area (Å²) in [4.78, 5) is 7.13. The van der Waals surface area contributed by atoms with Crippen LogP contribution >= 0.6 is 15.9 Å². The van der Waals surface area contributed by atoms with E-state index in [4.69, 9.17) is 9.78 Å². The SMILES string of the molecule is N#Cc1cc(-c2nc(-c3cccc(Br)c3)no2)c[nH]1. The predicted octanol–water partition coefficient (Wildman–Crippen LogP) is 3.37. The molecule has 0 saturated carbocycles. The Hall–Kier alpha value is -2.39. The Labute approximate surface area is 117 Å². The van der Waals surface area contributed by atoms with Gasteiger partial charge in [0, 0.05) is 16.2 Å². The molecule has 0 atom stereocenters. The van der Waals surface area contributed by atoms with Crippen molar-refractivity contribution in [2.75, 3.05) is 0 Å². The number of hydrogen-bond acceptors (Lipinski definition) is 4. The number of rotatable bonds is 2. The summed E-state index contributed by atoms with van der Waals surface area (Å²) in [6.45, 7) is 0. The molecule has 0 bridgehead atoms. The van der Waals surface area contributed by atoms with E-state index in [0.29, 0.717) is 23.0 Å². The Kier molecular flexibility index (Phi) is 2.89. The second-order valence-electron chi connectivity index (χ2n) is 3.85. The number of aromatic amines is 1. The summed E-state index contributed by atoms with van der Waals surface area (Å²) in [5, 5.41) is 12.7. The highest BCUT2D eigenvalue weighted by molar-refractivity contribution is 9.10. The number of nitrogens with zero attached hydrogens (tertiary/aromatic N) is 3. The van der Waals surface area contributed by atoms with Gasteiger partial charge in [-0.05, 0) is 18.2 Å². The van der Waals surface area contributed by atoms with Gasteiger partial charge in [-0.2, -0.15) is 10.2 Å². The molecule has 2 heterocycles. The van der Waals surface area contributed by atoms with E-state index in [1.165, 1.54) is 0 Å². The normalized spacial score (nSPS) is 10.3. The lowest BCUT2D eigenvalue weighted by Gasteiger charge is -1.93. The Bertz CT molecular complexity index is 769. The smallest absolute Gasteiger partial charge is 0.259 e. The molecule has 3 aromatic rings. The van der Waals surface area contributed by atoms with Crippen LogP contribution < -0.4 is 0 Å². The highest BCUT2D eigenvalue weighted by Gasteiger charge is 2.12. The highest BCUT2D eigenvalue weighted by Crippen LogP contribution is 2.24. The zero-order chi connectivity index (χ0) is 13.2. The molecule has 6 heteroatoms. The van der Waals surface area contributed by atoms with Crippen molar-refractivity contribution in [3.63, 3.8) is 0 Å². The van der Waals surface area contributed by atoms with Crippen LogP contribution in [0.1, 0.15) is 5.69 Å². The molecule has 0 saturated heterocycles. The number of benzene rings is 1. The maximum atomic E-state index is 8.76. The van der Waals surface area contributed by atoms with E-state index in [0.717, 1.165) is 10.0 Å². The molecule has 1 N–H and O–H groups in total. The van der Waals surface area contributed by atoms with E-state index in [2.05, 4.69) is 31.1 Å². The van der Waals surface area contributed by atoms with E-state index in [9.17, 15) is 0 Å². The van der Waals surface area contributed by atoms with Crippen molar-refractivity contribution in [1.82, 2.24) is 15.1 Å². The minimum Gasteiger partial charge on any atom is -0.352 e. The molecule has 0 spiro atoms. The quantitative estimate of drug-likeness (QED) is 0.786. The second kappa shape index (κ2) is 4.71. The first kappa shape index (κ1) is 11.7. The molecule has 3 rings (SSSR count). The van der Waals surface area contributed by atoms with E-state index >= 15 is 0 Å². The molecule has 0 unspecified atom stereocenters. The van der Waals surface area contributed by atoms with Crippen molar-refractivity contribution >= 4 is 15.9 Å². The molecule has 0 aliphatic carbocycles. The monoisotopic (exact) mass is 314 g/mol. The molecular formula is C13H7BrN4O. The van der Waals surface area contributed by atoms with Crippen LogP contribution in [0.3, 0.4) is 0 Å². The summed E-state index contributed by atoms with van der Waals surface area (Å²) in [5.41, 5.74) is 2.02. The van der Waals surface area contributed by atoms with Gasteiger partial charge in [-0.25, -0.2) is 0 Å². The van der Waals surface area contributed by atoms with Crippen LogP contribution in [-0.2, 0) is 0 Å². The zero-order valence-electron chi connectivity index (χ0n) is 9.59. The third-order valence-corrected chi connectivity index (χ3v) is 3.05.